The lowest BCUT2D eigenvalue weighted by atomic mass is 10.00. The van der Waals surface area contributed by atoms with Crippen molar-refractivity contribution in [1.29, 1.82) is 0 Å². The van der Waals surface area contributed by atoms with Crippen LogP contribution in [0.1, 0.15) is 44.1 Å². The Morgan fingerprint density at radius 2 is 1.77 bits per heavy atom. The van der Waals surface area contributed by atoms with Gasteiger partial charge in [0.1, 0.15) is 6.04 Å². The van der Waals surface area contributed by atoms with E-state index in [-0.39, 0.29) is 17.2 Å². The van der Waals surface area contributed by atoms with Gasteiger partial charge in [0.15, 0.2) is 5.69 Å². The van der Waals surface area contributed by atoms with E-state index in [0.29, 0.717) is 30.2 Å². The molecule has 30 heavy (non-hydrogen) atoms. The predicted octanol–water partition coefficient (Wildman–Crippen LogP) is 0.531. The van der Waals surface area contributed by atoms with Crippen molar-refractivity contribution in [3.8, 4) is 0 Å². The van der Waals surface area contributed by atoms with Crippen molar-refractivity contribution < 1.29 is 18.0 Å². The van der Waals surface area contributed by atoms with Gasteiger partial charge in [0.2, 0.25) is 10.0 Å². The van der Waals surface area contributed by atoms with E-state index in [9.17, 15) is 22.8 Å². The maximum atomic E-state index is 12.7. The zero-order valence-corrected chi connectivity index (χ0v) is 18.2. The maximum absolute atomic E-state index is 12.7. The van der Waals surface area contributed by atoms with Crippen molar-refractivity contribution in [2.45, 2.75) is 46.2 Å². The molecular formula is C19H27N5O5S. The highest BCUT2D eigenvalue weighted by atomic mass is 32.2. The zero-order chi connectivity index (χ0) is 22.5. The molecule has 0 saturated carbocycles. The van der Waals surface area contributed by atoms with Crippen LogP contribution in [0.25, 0.3) is 10.8 Å². The number of carbonyl (C=O) groups excluding carboxylic acids is 2. The summed E-state index contributed by atoms with van der Waals surface area (Å²) in [5.41, 5.74) is 4.21. The molecule has 0 aliphatic carbocycles. The van der Waals surface area contributed by atoms with Crippen LogP contribution in [0.4, 0.5) is 0 Å². The lowest BCUT2D eigenvalue weighted by molar-refractivity contribution is -0.124. The van der Waals surface area contributed by atoms with Crippen LogP contribution < -0.4 is 21.1 Å². The van der Waals surface area contributed by atoms with E-state index < -0.39 is 27.9 Å². The number of benzene rings is 1. The number of nitrogens with zero attached hydrogens (tertiary/aromatic N) is 2. The Morgan fingerprint density at radius 1 is 1.13 bits per heavy atom. The maximum Gasteiger partial charge on any atom is 0.290 e. The molecule has 3 N–H and O–H groups in total. The summed E-state index contributed by atoms with van der Waals surface area (Å²) in [5, 5.41) is 4.85. The summed E-state index contributed by atoms with van der Waals surface area (Å²) in [6.07, 6.45) is 2.15. The van der Waals surface area contributed by atoms with Crippen LogP contribution in [0.15, 0.2) is 29.1 Å². The fourth-order valence-electron chi connectivity index (χ4n) is 2.92. The standard InChI is InChI=1S/C19H27N5O5S/c1-5-11-24-19(27)14-10-8-7-9-13(14)16(22-24)18(26)21-20-17(25)15(12(3)6-2)23-30(4,28)29/h7-10,12,15,23H,5-6,11H2,1-4H3,(H,20,25)(H,21,26)/t12-,15+/m0/s1. The second-order valence-corrected chi connectivity index (χ2v) is 8.90. The molecule has 164 valence electrons. The van der Waals surface area contributed by atoms with Crippen LogP contribution in [0.3, 0.4) is 0 Å². The predicted molar refractivity (Wildman–Crippen MR) is 113 cm³/mol. The molecule has 2 aromatic rings. The Labute approximate surface area is 175 Å². The highest BCUT2D eigenvalue weighted by Gasteiger charge is 2.28. The normalized spacial score (nSPS) is 13.6. The van der Waals surface area contributed by atoms with Crippen molar-refractivity contribution in [2.24, 2.45) is 5.92 Å². The molecule has 2 rings (SSSR count). The van der Waals surface area contributed by atoms with Crippen molar-refractivity contribution in [2.75, 3.05) is 6.26 Å². The van der Waals surface area contributed by atoms with Gasteiger partial charge in [-0.3, -0.25) is 25.2 Å². The summed E-state index contributed by atoms with van der Waals surface area (Å²) in [5.74, 6) is -1.72. The summed E-state index contributed by atoms with van der Waals surface area (Å²) >= 11 is 0. The first-order chi connectivity index (χ1) is 14.1. The molecule has 0 aliphatic rings. The SMILES string of the molecule is CCCn1nc(C(=O)NNC(=O)[C@H](NS(C)(=O)=O)[C@@H](C)CC)c2ccccc2c1=O. The number of amides is 2. The fourth-order valence-corrected chi connectivity index (χ4v) is 3.72. The quantitative estimate of drug-likeness (QED) is 0.515. The number of aryl methyl sites for hydroxylation is 1. The molecule has 0 aliphatic heterocycles. The molecule has 0 unspecified atom stereocenters. The summed E-state index contributed by atoms with van der Waals surface area (Å²) in [6, 6.07) is 5.53. The molecule has 1 heterocycles. The van der Waals surface area contributed by atoms with Gasteiger partial charge >= 0.3 is 0 Å². The lowest BCUT2D eigenvalue weighted by Crippen LogP contribution is -2.54. The van der Waals surface area contributed by atoms with Crippen molar-refractivity contribution in [3.05, 3.63) is 40.3 Å². The highest BCUT2D eigenvalue weighted by Crippen LogP contribution is 2.13. The monoisotopic (exact) mass is 437 g/mol. The van der Waals surface area contributed by atoms with Crippen LogP contribution in [0.2, 0.25) is 0 Å². The third-order valence-electron chi connectivity index (χ3n) is 4.65. The molecule has 0 bridgehead atoms. The van der Waals surface area contributed by atoms with E-state index in [1.54, 1.807) is 31.2 Å². The van der Waals surface area contributed by atoms with E-state index in [1.807, 2.05) is 13.8 Å². The Bertz CT molecular complexity index is 1100. The van der Waals surface area contributed by atoms with Crippen LogP contribution in [0, 0.1) is 5.92 Å². The lowest BCUT2D eigenvalue weighted by Gasteiger charge is -2.22. The van der Waals surface area contributed by atoms with Gasteiger partial charge in [-0.1, -0.05) is 45.4 Å². The minimum Gasteiger partial charge on any atom is -0.271 e. The van der Waals surface area contributed by atoms with Gasteiger partial charge in [0.05, 0.1) is 11.6 Å². The van der Waals surface area contributed by atoms with E-state index in [1.165, 1.54) is 4.68 Å². The van der Waals surface area contributed by atoms with Crippen molar-refractivity contribution >= 4 is 32.6 Å². The average molecular weight is 438 g/mol. The molecule has 2 amide bonds. The minimum absolute atomic E-state index is 0.0184. The number of hydrogen-bond donors (Lipinski definition) is 3. The summed E-state index contributed by atoms with van der Waals surface area (Å²) in [4.78, 5) is 37.8. The first-order valence-corrected chi connectivity index (χ1v) is 11.6. The number of carbonyl (C=O) groups is 2. The van der Waals surface area contributed by atoms with Gasteiger partial charge in [0, 0.05) is 11.9 Å². The first-order valence-electron chi connectivity index (χ1n) is 9.66. The average Bonchev–Trinajstić information content (AvgIpc) is 2.71. The molecular weight excluding hydrogens is 410 g/mol. The number of hydrogen-bond acceptors (Lipinski definition) is 6. The third-order valence-corrected chi connectivity index (χ3v) is 5.34. The Balaban J connectivity index is 2.29. The fraction of sp³-hybridized carbons (Fsp3) is 0.474. The molecule has 0 radical (unpaired) electrons. The number of sulfonamides is 1. The Hall–Kier alpha value is -2.79. The summed E-state index contributed by atoms with van der Waals surface area (Å²) in [6.45, 7) is 5.76. The molecule has 0 fully saturated rings. The number of fused-ring (bicyclic) bond motifs is 1. The Kier molecular flexibility index (Phi) is 7.68. The van der Waals surface area contributed by atoms with Gasteiger partial charge in [-0.15, -0.1) is 0 Å². The van der Waals surface area contributed by atoms with E-state index >= 15 is 0 Å². The van der Waals surface area contributed by atoms with E-state index in [4.69, 9.17) is 0 Å². The minimum atomic E-state index is -3.63. The van der Waals surface area contributed by atoms with Gasteiger partial charge in [-0.2, -0.15) is 5.10 Å². The number of rotatable bonds is 8. The second-order valence-electron chi connectivity index (χ2n) is 7.12. The van der Waals surface area contributed by atoms with Gasteiger partial charge < -0.3 is 0 Å². The van der Waals surface area contributed by atoms with Gasteiger partial charge in [0.25, 0.3) is 17.4 Å². The van der Waals surface area contributed by atoms with Crippen LogP contribution in [-0.2, 0) is 21.4 Å². The summed E-state index contributed by atoms with van der Waals surface area (Å²) < 4.78 is 26.7. The largest absolute Gasteiger partial charge is 0.290 e. The highest BCUT2D eigenvalue weighted by molar-refractivity contribution is 7.88. The molecule has 1 aromatic carbocycles. The molecule has 2 atom stereocenters. The van der Waals surface area contributed by atoms with Crippen molar-refractivity contribution in [1.82, 2.24) is 25.4 Å². The Morgan fingerprint density at radius 3 is 2.33 bits per heavy atom. The summed E-state index contributed by atoms with van der Waals surface area (Å²) in [7, 11) is -3.63. The zero-order valence-electron chi connectivity index (χ0n) is 17.4. The second kappa shape index (κ2) is 9.81. The molecule has 0 saturated heterocycles. The molecule has 0 spiro atoms. The number of hydrazine groups is 1. The smallest absolute Gasteiger partial charge is 0.271 e. The number of aromatic nitrogens is 2. The van der Waals surface area contributed by atoms with Crippen LogP contribution in [0.5, 0.6) is 0 Å². The van der Waals surface area contributed by atoms with Crippen molar-refractivity contribution in [3.63, 3.8) is 0 Å². The van der Waals surface area contributed by atoms with Gasteiger partial charge in [-0.25, -0.2) is 17.8 Å². The van der Waals surface area contributed by atoms with E-state index in [2.05, 4.69) is 20.7 Å². The van der Waals surface area contributed by atoms with Gasteiger partial charge in [-0.05, 0) is 18.4 Å². The topological polar surface area (TPSA) is 139 Å². The molecule has 1 aromatic heterocycles. The number of nitrogens with one attached hydrogen (secondary N) is 3. The van der Waals surface area contributed by atoms with Crippen LogP contribution in [-0.4, -0.2) is 42.3 Å². The van der Waals surface area contributed by atoms with E-state index in [0.717, 1.165) is 6.26 Å². The first kappa shape index (κ1) is 23.5. The molecule has 11 heteroatoms. The van der Waals surface area contributed by atoms with Crippen LogP contribution >= 0.6 is 0 Å². The third kappa shape index (κ3) is 5.63. The molecule has 10 nitrogen and oxygen atoms in total.